The van der Waals surface area contributed by atoms with E-state index >= 15 is 0 Å². The molecule has 1 amide bonds. The van der Waals surface area contributed by atoms with Crippen molar-refractivity contribution in [3.63, 3.8) is 0 Å². The fourth-order valence-electron chi connectivity index (χ4n) is 2.73. The van der Waals surface area contributed by atoms with Crippen LogP contribution in [0.15, 0.2) is 10.6 Å². The lowest BCUT2D eigenvalue weighted by Gasteiger charge is -2.30. The molecular formula is C15H20N2O4. The molecule has 0 spiro atoms. The van der Waals surface area contributed by atoms with Crippen molar-refractivity contribution >= 4 is 11.9 Å². The van der Waals surface area contributed by atoms with Crippen LogP contribution in [0, 0.1) is 5.92 Å². The van der Waals surface area contributed by atoms with Crippen molar-refractivity contribution in [2.75, 3.05) is 19.7 Å². The van der Waals surface area contributed by atoms with Gasteiger partial charge in [-0.05, 0) is 32.6 Å². The first-order chi connectivity index (χ1) is 10.2. The lowest BCUT2D eigenvalue weighted by atomic mass is 9.98. The number of esters is 1. The Hall–Kier alpha value is -1.85. The van der Waals surface area contributed by atoms with Gasteiger partial charge in [-0.15, -0.1) is 0 Å². The third-order valence-corrected chi connectivity index (χ3v) is 4.06. The minimum atomic E-state index is -0.225. The maximum atomic E-state index is 12.4. The van der Waals surface area contributed by atoms with Crippen molar-refractivity contribution in [2.45, 2.75) is 38.5 Å². The molecule has 3 rings (SSSR count). The van der Waals surface area contributed by atoms with E-state index in [4.69, 9.17) is 9.26 Å². The average Bonchev–Trinajstić information content (AvgIpc) is 3.24. The molecule has 1 aliphatic carbocycles. The molecule has 2 heterocycles. The number of carbonyl (C=O) groups excluding carboxylic acids is 2. The smallest absolute Gasteiger partial charge is 0.310 e. The fraction of sp³-hybridized carbons (Fsp3) is 0.667. The van der Waals surface area contributed by atoms with E-state index in [2.05, 4.69) is 5.16 Å². The Kier molecular flexibility index (Phi) is 3.94. The average molecular weight is 292 g/mol. The summed E-state index contributed by atoms with van der Waals surface area (Å²) >= 11 is 0. The molecule has 2 fully saturated rings. The van der Waals surface area contributed by atoms with Gasteiger partial charge in [0.25, 0.3) is 5.91 Å². The second-order valence-corrected chi connectivity index (χ2v) is 5.73. The summed E-state index contributed by atoms with van der Waals surface area (Å²) in [6, 6.07) is 1.74. The van der Waals surface area contributed by atoms with Crippen LogP contribution < -0.4 is 0 Å². The molecular weight excluding hydrogens is 272 g/mol. The van der Waals surface area contributed by atoms with Crippen molar-refractivity contribution in [3.8, 4) is 0 Å². The number of nitrogens with zero attached hydrogens (tertiary/aromatic N) is 2. The van der Waals surface area contributed by atoms with E-state index < -0.39 is 0 Å². The number of rotatable bonds is 4. The molecule has 6 nitrogen and oxygen atoms in total. The zero-order chi connectivity index (χ0) is 14.8. The standard InChI is InChI=1S/C15H20N2O4/c1-2-20-15(19)11-4-3-7-17(9-11)14(18)12-8-13(21-16-12)10-5-6-10/h8,10-11H,2-7,9H2,1H3/t11-/m0/s1. The van der Waals surface area contributed by atoms with Crippen LogP contribution in [-0.4, -0.2) is 41.6 Å². The summed E-state index contributed by atoms with van der Waals surface area (Å²) in [5.41, 5.74) is 0.349. The summed E-state index contributed by atoms with van der Waals surface area (Å²) in [7, 11) is 0. The van der Waals surface area contributed by atoms with E-state index in [-0.39, 0.29) is 17.8 Å². The molecule has 0 aromatic carbocycles. The number of hydrogen-bond donors (Lipinski definition) is 0. The second kappa shape index (κ2) is 5.87. The minimum absolute atomic E-state index is 0.153. The zero-order valence-electron chi connectivity index (χ0n) is 12.2. The topological polar surface area (TPSA) is 72.6 Å². The lowest BCUT2D eigenvalue weighted by molar-refractivity contribution is -0.149. The number of aromatic nitrogens is 1. The molecule has 1 aromatic rings. The molecule has 0 unspecified atom stereocenters. The van der Waals surface area contributed by atoms with Crippen LogP contribution in [0.2, 0.25) is 0 Å². The Morgan fingerprint density at radius 3 is 2.95 bits per heavy atom. The van der Waals surface area contributed by atoms with Gasteiger partial charge in [-0.3, -0.25) is 9.59 Å². The molecule has 1 atom stereocenters. The van der Waals surface area contributed by atoms with Gasteiger partial charge in [-0.1, -0.05) is 5.16 Å². The van der Waals surface area contributed by atoms with Crippen molar-refractivity contribution in [1.29, 1.82) is 0 Å². The number of piperidine rings is 1. The molecule has 1 saturated heterocycles. The Morgan fingerprint density at radius 1 is 1.43 bits per heavy atom. The molecule has 0 bridgehead atoms. The van der Waals surface area contributed by atoms with Gasteiger partial charge in [0.05, 0.1) is 12.5 Å². The highest BCUT2D eigenvalue weighted by molar-refractivity contribution is 5.92. The van der Waals surface area contributed by atoms with E-state index in [9.17, 15) is 9.59 Å². The summed E-state index contributed by atoms with van der Waals surface area (Å²) in [4.78, 5) is 25.9. The predicted molar refractivity (Wildman–Crippen MR) is 73.7 cm³/mol. The van der Waals surface area contributed by atoms with Gasteiger partial charge < -0.3 is 14.2 Å². The maximum Gasteiger partial charge on any atom is 0.310 e. The third kappa shape index (κ3) is 3.09. The molecule has 1 saturated carbocycles. The molecule has 0 radical (unpaired) electrons. The van der Waals surface area contributed by atoms with Gasteiger partial charge in [0.1, 0.15) is 5.76 Å². The largest absolute Gasteiger partial charge is 0.466 e. The van der Waals surface area contributed by atoms with Crippen LogP contribution in [0.3, 0.4) is 0 Å². The Balaban J connectivity index is 1.64. The summed E-state index contributed by atoms with van der Waals surface area (Å²) in [6.45, 7) is 3.22. The number of carbonyl (C=O) groups is 2. The highest BCUT2D eigenvalue weighted by atomic mass is 16.5. The number of hydrogen-bond acceptors (Lipinski definition) is 5. The normalized spacial score (nSPS) is 22.1. The highest BCUT2D eigenvalue weighted by Crippen LogP contribution is 2.40. The summed E-state index contributed by atoms with van der Waals surface area (Å²) in [6.07, 6.45) is 3.80. The number of amides is 1. The van der Waals surface area contributed by atoms with Gasteiger partial charge >= 0.3 is 5.97 Å². The van der Waals surface area contributed by atoms with Crippen LogP contribution in [0.5, 0.6) is 0 Å². The predicted octanol–water partition coefficient (Wildman–Crippen LogP) is 1.97. The molecule has 1 aromatic heterocycles. The quantitative estimate of drug-likeness (QED) is 0.793. The Labute approximate surface area is 123 Å². The third-order valence-electron chi connectivity index (χ3n) is 4.06. The van der Waals surface area contributed by atoms with Crippen molar-refractivity contribution in [3.05, 3.63) is 17.5 Å². The molecule has 2 aliphatic rings. The van der Waals surface area contributed by atoms with Gasteiger partial charge in [-0.25, -0.2) is 0 Å². The first-order valence-corrected chi connectivity index (χ1v) is 7.61. The van der Waals surface area contributed by atoms with E-state index in [0.717, 1.165) is 31.4 Å². The zero-order valence-corrected chi connectivity index (χ0v) is 12.2. The minimum Gasteiger partial charge on any atom is -0.466 e. The summed E-state index contributed by atoms with van der Waals surface area (Å²) < 4.78 is 10.3. The molecule has 114 valence electrons. The molecule has 21 heavy (non-hydrogen) atoms. The van der Waals surface area contributed by atoms with Crippen LogP contribution in [0.1, 0.15) is 54.8 Å². The van der Waals surface area contributed by atoms with E-state index in [1.165, 1.54) is 0 Å². The summed E-state index contributed by atoms with van der Waals surface area (Å²) in [5.74, 6) is 0.649. The van der Waals surface area contributed by atoms with Crippen LogP contribution in [-0.2, 0) is 9.53 Å². The molecule has 1 aliphatic heterocycles. The Bertz CT molecular complexity index is 536. The van der Waals surface area contributed by atoms with Crippen molar-refractivity contribution < 1.29 is 18.8 Å². The van der Waals surface area contributed by atoms with Crippen molar-refractivity contribution in [2.24, 2.45) is 5.92 Å². The molecule has 6 heteroatoms. The first-order valence-electron chi connectivity index (χ1n) is 7.61. The van der Waals surface area contributed by atoms with Gasteiger partial charge in [0.2, 0.25) is 0 Å². The fourth-order valence-corrected chi connectivity index (χ4v) is 2.73. The number of ether oxygens (including phenoxy) is 1. The molecule has 0 N–H and O–H groups in total. The summed E-state index contributed by atoms with van der Waals surface area (Å²) in [5, 5.41) is 3.88. The van der Waals surface area contributed by atoms with Gasteiger partial charge in [0.15, 0.2) is 5.69 Å². The van der Waals surface area contributed by atoms with Gasteiger partial charge in [-0.2, -0.15) is 0 Å². The number of likely N-dealkylation sites (tertiary alicyclic amines) is 1. The highest BCUT2D eigenvalue weighted by Gasteiger charge is 2.33. The van der Waals surface area contributed by atoms with Gasteiger partial charge in [0, 0.05) is 25.1 Å². The second-order valence-electron chi connectivity index (χ2n) is 5.73. The first kappa shape index (κ1) is 14.1. The van der Waals surface area contributed by atoms with Crippen molar-refractivity contribution in [1.82, 2.24) is 10.1 Å². The Morgan fingerprint density at radius 2 is 2.24 bits per heavy atom. The maximum absolute atomic E-state index is 12.4. The lowest BCUT2D eigenvalue weighted by Crippen LogP contribution is -2.42. The van der Waals surface area contributed by atoms with Crippen LogP contribution in [0.25, 0.3) is 0 Å². The van der Waals surface area contributed by atoms with Crippen LogP contribution >= 0.6 is 0 Å². The SMILES string of the molecule is CCOC(=O)[C@H]1CCCN(C(=O)c2cc(C3CC3)on2)C1. The monoisotopic (exact) mass is 292 g/mol. The van der Waals surface area contributed by atoms with Crippen LogP contribution in [0.4, 0.5) is 0 Å². The van der Waals surface area contributed by atoms with E-state index in [1.807, 2.05) is 0 Å². The van der Waals surface area contributed by atoms with E-state index in [1.54, 1.807) is 17.9 Å². The van der Waals surface area contributed by atoms with E-state index in [0.29, 0.717) is 31.3 Å².